The summed E-state index contributed by atoms with van der Waals surface area (Å²) in [4.78, 5) is 2.54. The van der Waals surface area contributed by atoms with Gasteiger partial charge in [0.1, 0.15) is 0 Å². The lowest BCUT2D eigenvalue weighted by atomic mass is 10.2. The zero-order chi connectivity index (χ0) is 9.54. The molecule has 1 N–H and O–H groups in total. The molecule has 1 aromatic carbocycles. The summed E-state index contributed by atoms with van der Waals surface area (Å²) in [6.45, 7) is 4.49. The van der Waals surface area contributed by atoms with Crippen LogP contribution in [0, 0.1) is 6.92 Å². The normalized spacial score (nSPS) is 29.9. The van der Waals surface area contributed by atoms with E-state index in [0.717, 1.165) is 12.1 Å². The summed E-state index contributed by atoms with van der Waals surface area (Å²) in [6, 6.07) is 10.4. The second-order valence-corrected chi connectivity index (χ2v) is 4.48. The van der Waals surface area contributed by atoms with Gasteiger partial charge in [0, 0.05) is 30.9 Å². The van der Waals surface area contributed by atoms with Gasteiger partial charge in [-0.15, -0.1) is 0 Å². The van der Waals surface area contributed by atoms with E-state index in [1.54, 1.807) is 0 Å². The quantitative estimate of drug-likeness (QED) is 0.719. The lowest BCUT2D eigenvalue weighted by Gasteiger charge is -2.29. The fourth-order valence-corrected chi connectivity index (χ4v) is 2.61. The highest BCUT2D eigenvalue weighted by atomic mass is 15.3. The van der Waals surface area contributed by atoms with Crippen LogP contribution in [-0.4, -0.2) is 25.2 Å². The van der Waals surface area contributed by atoms with Crippen molar-refractivity contribution in [2.24, 2.45) is 0 Å². The molecule has 2 aliphatic heterocycles. The van der Waals surface area contributed by atoms with Gasteiger partial charge in [-0.25, -0.2) is 0 Å². The zero-order valence-corrected chi connectivity index (χ0v) is 8.53. The first-order chi connectivity index (χ1) is 6.83. The van der Waals surface area contributed by atoms with Gasteiger partial charge in [-0.3, -0.25) is 0 Å². The van der Waals surface area contributed by atoms with Gasteiger partial charge in [0.15, 0.2) is 0 Å². The van der Waals surface area contributed by atoms with Crippen LogP contribution in [0.25, 0.3) is 0 Å². The average Bonchev–Trinajstić information content (AvgIpc) is 2.80. The average molecular weight is 188 g/mol. The number of anilines is 1. The molecule has 2 bridgehead atoms. The van der Waals surface area contributed by atoms with Gasteiger partial charge in [-0.1, -0.05) is 17.7 Å². The molecule has 0 amide bonds. The van der Waals surface area contributed by atoms with Gasteiger partial charge in [-0.2, -0.15) is 0 Å². The van der Waals surface area contributed by atoms with Crippen molar-refractivity contribution in [3.8, 4) is 0 Å². The Kier molecular flexibility index (Phi) is 1.77. The van der Waals surface area contributed by atoms with Crippen molar-refractivity contribution >= 4 is 5.69 Å². The predicted octanol–water partition coefficient (Wildman–Crippen LogP) is 1.55. The molecule has 14 heavy (non-hydrogen) atoms. The van der Waals surface area contributed by atoms with Crippen molar-refractivity contribution in [1.29, 1.82) is 0 Å². The highest BCUT2D eigenvalue weighted by molar-refractivity contribution is 5.50. The van der Waals surface area contributed by atoms with E-state index in [0.29, 0.717) is 0 Å². The predicted molar refractivity (Wildman–Crippen MR) is 58.7 cm³/mol. The third-order valence-electron chi connectivity index (χ3n) is 3.42. The largest absolute Gasteiger partial charge is 0.366 e. The van der Waals surface area contributed by atoms with Crippen molar-refractivity contribution in [2.45, 2.75) is 25.4 Å². The van der Waals surface area contributed by atoms with Gasteiger partial charge < -0.3 is 10.2 Å². The summed E-state index contributed by atoms with van der Waals surface area (Å²) in [5, 5.41) is 3.53. The van der Waals surface area contributed by atoms with Gasteiger partial charge in [0.25, 0.3) is 0 Å². The van der Waals surface area contributed by atoms with E-state index >= 15 is 0 Å². The Bertz CT molecular complexity index is 331. The number of nitrogens with one attached hydrogen (secondary N) is 1. The van der Waals surface area contributed by atoms with E-state index in [9.17, 15) is 0 Å². The summed E-state index contributed by atoms with van der Waals surface area (Å²) in [5.41, 5.74) is 2.74. The first kappa shape index (κ1) is 8.30. The van der Waals surface area contributed by atoms with Crippen LogP contribution in [0.5, 0.6) is 0 Å². The molecule has 0 aliphatic carbocycles. The summed E-state index contributed by atoms with van der Waals surface area (Å²) in [7, 11) is 0. The van der Waals surface area contributed by atoms with Crippen molar-refractivity contribution in [3.63, 3.8) is 0 Å². The molecule has 0 unspecified atom stereocenters. The van der Waals surface area contributed by atoms with Crippen molar-refractivity contribution in [2.75, 3.05) is 18.0 Å². The van der Waals surface area contributed by atoms with Crippen LogP contribution in [0.2, 0.25) is 0 Å². The van der Waals surface area contributed by atoms with E-state index in [2.05, 4.69) is 41.4 Å². The Labute approximate surface area is 84.9 Å². The lowest BCUT2D eigenvalue weighted by Crippen LogP contribution is -2.43. The van der Waals surface area contributed by atoms with E-state index in [-0.39, 0.29) is 0 Å². The van der Waals surface area contributed by atoms with E-state index < -0.39 is 0 Å². The van der Waals surface area contributed by atoms with E-state index in [4.69, 9.17) is 0 Å². The SMILES string of the molecule is Cc1ccc(N2C[C@H]3C[C@@H]2CN3)cc1. The molecule has 0 radical (unpaired) electrons. The van der Waals surface area contributed by atoms with Gasteiger partial charge >= 0.3 is 0 Å². The zero-order valence-electron chi connectivity index (χ0n) is 8.53. The molecule has 2 atom stereocenters. The molecule has 0 spiro atoms. The molecule has 2 aliphatic rings. The first-order valence-corrected chi connectivity index (χ1v) is 5.39. The molecule has 2 heteroatoms. The number of aryl methyl sites for hydroxylation is 1. The fourth-order valence-electron chi connectivity index (χ4n) is 2.61. The topological polar surface area (TPSA) is 15.3 Å². The second-order valence-electron chi connectivity index (χ2n) is 4.48. The third-order valence-corrected chi connectivity index (χ3v) is 3.42. The lowest BCUT2D eigenvalue weighted by molar-refractivity contribution is 0.580. The highest BCUT2D eigenvalue weighted by Gasteiger charge is 2.37. The summed E-state index contributed by atoms with van der Waals surface area (Å²) in [5.74, 6) is 0. The highest BCUT2D eigenvalue weighted by Crippen LogP contribution is 2.29. The fraction of sp³-hybridized carbons (Fsp3) is 0.500. The Morgan fingerprint density at radius 1 is 1.29 bits per heavy atom. The van der Waals surface area contributed by atoms with Crippen molar-refractivity contribution in [3.05, 3.63) is 29.8 Å². The molecule has 1 aromatic rings. The van der Waals surface area contributed by atoms with Gasteiger partial charge in [-0.05, 0) is 25.5 Å². The molecule has 2 heterocycles. The molecular formula is C12H16N2. The number of benzene rings is 1. The molecule has 0 aromatic heterocycles. The molecule has 74 valence electrons. The number of hydrogen-bond donors (Lipinski definition) is 1. The number of nitrogens with zero attached hydrogens (tertiary/aromatic N) is 1. The Hall–Kier alpha value is -1.02. The van der Waals surface area contributed by atoms with Crippen LogP contribution < -0.4 is 10.2 Å². The Balaban J connectivity index is 1.86. The van der Waals surface area contributed by atoms with Crippen LogP contribution in [-0.2, 0) is 0 Å². The molecule has 3 rings (SSSR count). The van der Waals surface area contributed by atoms with Crippen LogP contribution in [0.4, 0.5) is 5.69 Å². The number of hydrogen-bond acceptors (Lipinski definition) is 2. The molecule has 2 nitrogen and oxygen atoms in total. The molecule has 2 fully saturated rings. The van der Waals surface area contributed by atoms with E-state index in [1.165, 1.54) is 30.8 Å². The molecule has 2 saturated heterocycles. The standard InChI is InChI=1S/C12H16N2/c1-9-2-4-11(5-3-9)14-8-10-6-12(14)7-13-10/h2-5,10,12-13H,6-8H2,1H3/t10-,12-/m1/s1. The Morgan fingerprint density at radius 2 is 2.07 bits per heavy atom. The smallest absolute Gasteiger partial charge is 0.0430 e. The van der Waals surface area contributed by atoms with Crippen LogP contribution in [0.15, 0.2) is 24.3 Å². The first-order valence-electron chi connectivity index (χ1n) is 5.39. The maximum absolute atomic E-state index is 3.53. The van der Waals surface area contributed by atoms with Gasteiger partial charge in [0.05, 0.1) is 0 Å². The third kappa shape index (κ3) is 1.22. The van der Waals surface area contributed by atoms with Crippen LogP contribution >= 0.6 is 0 Å². The van der Waals surface area contributed by atoms with Crippen molar-refractivity contribution in [1.82, 2.24) is 5.32 Å². The van der Waals surface area contributed by atoms with Gasteiger partial charge in [0.2, 0.25) is 0 Å². The van der Waals surface area contributed by atoms with E-state index in [1.807, 2.05) is 0 Å². The molecule has 0 saturated carbocycles. The van der Waals surface area contributed by atoms with Crippen LogP contribution in [0.3, 0.4) is 0 Å². The summed E-state index contributed by atoms with van der Waals surface area (Å²) < 4.78 is 0. The minimum Gasteiger partial charge on any atom is -0.366 e. The number of rotatable bonds is 1. The summed E-state index contributed by atoms with van der Waals surface area (Å²) in [6.07, 6.45) is 1.33. The van der Waals surface area contributed by atoms with Crippen LogP contribution in [0.1, 0.15) is 12.0 Å². The van der Waals surface area contributed by atoms with Crippen molar-refractivity contribution < 1.29 is 0 Å². The number of piperazine rings is 1. The maximum Gasteiger partial charge on any atom is 0.0430 e. The molecular weight excluding hydrogens is 172 g/mol. The maximum atomic E-state index is 3.53. The summed E-state index contributed by atoms with van der Waals surface area (Å²) >= 11 is 0. The monoisotopic (exact) mass is 188 g/mol. The number of fused-ring (bicyclic) bond motifs is 2. The second kappa shape index (κ2) is 2.99. The minimum absolute atomic E-state index is 0.737. The Morgan fingerprint density at radius 3 is 2.64 bits per heavy atom. The minimum atomic E-state index is 0.737.